The quantitative estimate of drug-likeness (QED) is 0.516. The molecule has 0 unspecified atom stereocenters. The van der Waals surface area contributed by atoms with Crippen LogP contribution in [0.25, 0.3) is 0 Å². The van der Waals surface area contributed by atoms with Crippen LogP contribution in [-0.4, -0.2) is 48.8 Å². The number of likely N-dealkylation sites (tertiary alicyclic amines) is 1. The van der Waals surface area contributed by atoms with Gasteiger partial charge in [0.25, 0.3) is 0 Å². The summed E-state index contributed by atoms with van der Waals surface area (Å²) < 4.78 is 0. The van der Waals surface area contributed by atoms with Gasteiger partial charge in [0.15, 0.2) is 0 Å². The Labute approximate surface area is 93.3 Å². The zero-order valence-electron chi connectivity index (χ0n) is 10.3. The Kier molecular flexibility index (Phi) is 4.15. The average Bonchev–Trinajstić information content (AvgIpc) is 2.28. The molecule has 1 heterocycles. The van der Waals surface area contributed by atoms with Crippen molar-refractivity contribution in [1.29, 1.82) is 0 Å². The topological polar surface area (TPSA) is 15.7 Å². The van der Waals surface area contributed by atoms with Crippen molar-refractivity contribution in [3.8, 4) is 12.3 Å². The molecule has 15 heavy (non-hydrogen) atoms. The smallest absolute Gasteiger partial charge is 0.0766 e. The van der Waals surface area contributed by atoms with E-state index in [9.17, 15) is 0 Å². The summed E-state index contributed by atoms with van der Waals surface area (Å²) in [4.78, 5) is 7.58. The second kappa shape index (κ2) is 4.98. The van der Waals surface area contributed by atoms with E-state index in [0.717, 1.165) is 25.9 Å². The lowest BCUT2D eigenvalue weighted by atomic mass is 9.97. The molecule has 0 atom stereocenters. The molecule has 0 aromatic rings. The van der Waals surface area contributed by atoms with Crippen LogP contribution < -0.4 is 0 Å². The average molecular weight is 210 g/mol. The van der Waals surface area contributed by atoms with Gasteiger partial charge in [-0.15, -0.1) is 6.42 Å². The summed E-state index contributed by atoms with van der Waals surface area (Å²) in [6.45, 7) is 6.31. The molecule has 86 valence electrons. The van der Waals surface area contributed by atoms with Crippen LogP contribution in [0.3, 0.4) is 0 Å². The largest absolute Gasteiger partial charge is 0.302 e. The van der Waals surface area contributed by atoms with E-state index in [4.69, 9.17) is 11.3 Å². The maximum atomic E-state index is 5.53. The van der Waals surface area contributed by atoms with Crippen LogP contribution >= 0.6 is 0 Å². The number of terminal acetylenes is 1. The molecule has 1 rings (SSSR count). The second-order valence-electron chi connectivity index (χ2n) is 4.65. The molecule has 0 aromatic carbocycles. The molecule has 0 bridgehead atoms. The Bertz CT molecular complexity index is 236. The Morgan fingerprint density at radius 2 is 1.93 bits per heavy atom. The molecule has 1 aliphatic rings. The number of hydrogen-bond acceptors (Lipinski definition) is 3. The van der Waals surface area contributed by atoms with Crippen molar-refractivity contribution in [1.82, 2.24) is 9.96 Å². The van der Waals surface area contributed by atoms with E-state index >= 15 is 0 Å². The summed E-state index contributed by atoms with van der Waals surface area (Å²) in [6, 6.07) is 0.528. The highest BCUT2D eigenvalue weighted by molar-refractivity contribution is 5.09. The van der Waals surface area contributed by atoms with Gasteiger partial charge in [-0.2, -0.15) is 5.06 Å². The minimum atomic E-state index is -0.114. The lowest BCUT2D eigenvalue weighted by Gasteiger charge is -2.41. The van der Waals surface area contributed by atoms with Crippen molar-refractivity contribution in [2.45, 2.75) is 38.3 Å². The highest BCUT2D eigenvalue weighted by atomic mass is 16.7. The zero-order chi connectivity index (χ0) is 11.5. The SMILES string of the molecule is C#CC(C)(C)N1CCC(N(C)OC)CC1. The highest BCUT2D eigenvalue weighted by Gasteiger charge is 2.30. The van der Waals surface area contributed by atoms with E-state index < -0.39 is 0 Å². The van der Waals surface area contributed by atoms with Crippen LogP contribution in [0.5, 0.6) is 0 Å². The first-order valence-corrected chi connectivity index (χ1v) is 5.51. The third kappa shape index (κ3) is 2.94. The summed E-state index contributed by atoms with van der Waals surface area (Å²) in [6.07, 6.45) is 7.77. The van der Waals surface area contributed by atoms with Gasteiger partial charge in [-0.25, -0.2) is 0 Å². The summed E-state index contributed by atoms with van der Waals surface area (Å²) in [5.41, 5.74) is -0.114. The third-order valence-electron chi connectivity index (χ3n) is 3.41. The monoisotopic (exact) mass is 210 g/mol. The van der Waals surface area contributed by atoms with E-state index in [1.165, 1.54) is 0 Å². The van der Waals surface area contributed by atoms with Crippen molar-refractivity contribution in [3.63, 3.8) is 0 Å². The van der Waals surface area contributed by atoms with Gasteiger partial charge in [0.2, 0.25) is 0 Å². The normalized spacial score (nSPS) is 20.5. The molecule has 1 saturated heterocycles. The number of rotatable bonds is 3. The fraction of sp³-hybridized carbons (Fsp3) is 0.833. The summed E-state index contributed by atoms with van der Waals surface area (Å²) in [5, 5.41) is 1.94. The number of hydrogen-bond donors (Lipinski definition) is 0. The van der Waals surface area contributed by atoms with Gasteiger partial charge in [-0.05, 0) is 26.7 Å². The van der Waals surface area contributed by atoms with E-state index in [1.54, 1.807) is 7.11 Å². The van der Waals surface area contributed by atoms with Crippen molar-refractivity contribution >= 4 is 0 Å². The fourth-order valence-corrected chi connectivity index (χ4v) is 2.03. The van der Waals surface area contributed by atoms with Crippen molar-refractivity contribution < 1.29 is 4.84 Å². The molecular weight excluding hydrogens is 188 g/mol. The molecule has 0 aliphatic carbocycles. The molecule has 0 spiro atoms. The molecule has 0 saturated carbocycles. The van der Waals surface area contributed by atoms with E-state index in [0.29, 0.717) is 6.04 Å². The Balaban J connectivity index is 2.47. The fourth-order valence-electron chi connectivity index (χ4n) is 2.03. The Morgan fingerprint density at radius 1 is 1.40 bits per heavy atom. The lowest BCUT2D eigenvalue weighted by molar-refractivity contribution is -0.152. The lowest BCUT2D eigenvalue weighted by Crippen LogP contribution is -2.50. The maximum Gasteiger partial charge on any atom is 0.0766 e. The Morgan fingerprint density at radius 3 is 2.33 bits per heavy atom. The molecular formula is C12H22N2O. The molecule has 0 aromatic heterocycles. The van der Waals surface area contributed by atoms with Gasteiger partial charge in [0.1, 0.15) is 0 Å². The minimum Gasteiger partial charge on any atom is -0.302 e. The molecule has 1 aliphatic heterocycles. The number of hydroxylamine groups is 2. The first kappa shape index (κ1) is 12.5. The predicted octanol–water partition coefficient (Wildman–Crippen LogP) is 1.36. The van der Waals surface area contributed by atoms with E-state index in [2.05, 4.69) is 24.7 Å². The number of piperidine rings is 1. The van der Waals surface area contributed by atoms with Crippen LogP contribution in [0.15, 0.2) is 0 Å². The van der Waals surface area contributed by atoms with Gasteiger partial charge in [-0.1, -0.05) is 5.92 Å². The van der Waals surface area contributed by atoms with Gasteiger partial charge < -0.3 is 4.84 Å². The van der Waals surface area contributed by atoms with Gasteiger partial charge in [0, 0.05) is 26.2 Å². The highest BCUT2D eigenvalue weighted by Crippen LogP contribution is 2.22. The summed E-state index contributed by atoms with van der Waals surface area (Å²) >= 11 is 0. The van der Waals surface area contributed by atoms with Crippen LogP contribution in [0, 0.1) is 12.3 Å². The summed E-state index contributed by atoms with van der Waals surface area (Å²) in [5.74, 6) is 2.85. The number of nitrogens with zero attached hydrogens (tertiary/aromatic N) is 2. The molecule has 0 amide bonds. The van der Waals surface area contributed by atoms with Gasteiger partial charge >= 0.3 is 0 Å². The van der Waals surface area contributed by atoms with Crippen LogP contribution in [0.1, 0.15) is 26.7 Å². The van der Waals surface area contributed by atoms with E-state index in [1.807, 2.05) is 12.1 Å². The standard InChI is InChI=1S/C12H22N2O/c1-6-12(2,3)14-9-7-11(8-10-14)13(4)15-5/h1,11H,7-10H2,2-5H3. The Hall–Kier alpha value is -0.560. The molecule has 1 fully saturated rings. The van der Waals surface area contributed by atoms with Crippen LogP contribution in [0.4, 0.5) is 0 Å². The molecule has 0 N–H and O–H groups in total. The van der Waals surface area contributed by atoms with Gasteiger partial charge in [0.05, 0.1) is 12.6 Å². The first-order chi connectivity index (χ1) is 7.01. The summed E-state index contributed by atoms with van der Waals surface area (Å²) in [7, 11) is 3.71. The van der Waals surface area contributed by atoms with Crippen molar-refractivity contribution in [2.24, 2.45) is 0 Å². The van der Waals surface area contributed by atoms with Crippen LogP contribution in [0.2, 0.25) is 0 Å². The zero-order valence-corrected chi connectivity index (χ0v) is 10.3. The van der Waals surface area contributed by atoms with Crippen molar-refractivity contribution in [2.75, 3.05) is 27.2 Å². The maximum absolute atomic E-state index is 5.53. The minimum absolute atomic E-state index is 0.114. The van der Waals surface area contributed by atoms with Crippen molar-refractivity contribution in [3.05, 3.63) is 0 Å². The van der Waals surface area contributed by atoms with Gasteiger partial charge in [-0.3, -0.25) is 4.90 Å². The molecule has 0 radical (unpaired) electrons. The first-order valence-electron chi connectivity index (χ1n) is 5.51. The predicted molar refractivity (Wildman–Crippen MR) is 62.3 cm³/mol. The molecule has 3 heteroatoms. The van der Waals surface area contributed by atoms with E-state index in [-0.39, 0.29) is 5.54 Å². The third-order valence-corrected chi connectivity index (χ3v) is 3.41. The molecule has 3 nitrogen and oxygen atoms in total. The van der Waals surface area contributed by atoms with Crippen LogP contribution in [-0.2, 0) is 4.84 Å². The second-order valence-corrected chi connectivity index (χ2v) is 4.65.